The maximum atomic E-state index is 12.9. The minimum Gasteiger partial charge on any atom is -0.468 e. The first-order chi connectivity index (χ1) is 27.0. The number of fused-ring (bicyclic) bond motifs is 2. The average molecular weight is 859 g/mol. The van der Waals surface area contributed by atoms with Gasteiger partial charge in [-0.05, 0) is 143 Å². The molecule has 0 bridgehead atoms. The number of rotatable bonds is 7. The highest BCUT2D eigenvalue weighted by Crippen LogP contribution is 2.46. The van der Waals surface area contributed by atoms with Crippen LogP contribution in [0.4, 0.5) is 0 Å². The Morgan fingerprint density at radius 3 is 1.84 bits per heavy atom. The van der Waals surface area contributed by atoms with Crippen LogP contribution in [0.2, 0.25) is 5.02 Å². The quantitative estimate of drug-likeness (QED) is 0.136. The number of methoxy groups -OCH3 is 1. The van der Waals surface area contributed by atoms with Gasteiger partial charge in [-0.3, -0.25) is 4.79 Å². The topological polar surface area (TPSA) is 83.8 Å². The second-order valence-electron chi connectivity index (χ2n) is 17.7. The second-order valence-corrected chi connectivity index (χ2v) is 19.1. The Balaban J connectivity index is 0.000000208. The summed E-state index contributed by atoms with van der Waals surface area (Å²) in [6.07, 6.45) is 13.3. The fraction of sp³-hybridized carbons (Fsp3) is 0.479. The summed E-state index contributed by atoms with van der Waals surface area (Å²) in [4.78, 5) is 37.6. The normalized spacial score (nSPS) is 16.5. The number of nitrogens with zero attached hydrogens (tertiary/aromatic N) is 1. The molecular formula is C48H57BrClNO6. The van der Waals surface area contributed by atoms with E-state index >= 15 is 0 Å². The lowest BCUT2D eigenvalue weighted by Crippen LogP contribution is -2.24. The Morgan fingerprint density at radius 2 is 1.28 bits per heavy atom. The SMILES string of the molecule is CC(C)(C)OC(=O)c1ccc2c(c1)CC(Br)=C2C1CCCCC1.COC(=O)Cn1c(-c2ccc(Cl)cc2)c(C2CCCCC2)c2ccc(C(=O)OC(C)(C)C)cc21. The Kier molecular flexibility index (Phi) is 13.4. The maximum absolute atomic E-state index is 12.9. The molecule has 4 aromatic rings. The van der Waals surface area contributed by atoms with Crippen molar-refractivity contribution in [2.24, 2.45) is 5.92 Å². The minimum absolute atomic E-state index is 0.0510. The molecule has 1 aromatic heterocycles. The molecule has 0 amide bonds. The average Bonchev–Trinajstić information content (AvgIpc) is 3.67. The van der Waals surface area contributed by atoms with Gasteiger partial charge in [0.05, 0.1) is 29.4 Å². The highest BCUT2D eigenvalue weighted by molar-refractivity contribution is 9.11. The highest BCUT2D eigenvalue weighted by atomic mass is 79.9. The second kappa shape index (κ2) is 17.9. The maximum Gasteiger partial charge on any atom is 0.338 e. The summed E-state index contributed by atoms with van der Waals surface area (Å²) in [7, 11) is 1.39. The molecule has 2 saturated carbocycles. The van der Waals surface area contributed by atoms with E-state index in [1.54, 1.807) is 0 Å². The molecule has 304 valence electrons. The summed E-state index contributed by atoms with van der Waals surface area (Å²) in [6.45, 7) is 11.3. The van der Waals surface area contributed by atoms with Crippen LogP contribution in [0.5, 0.6) is 0 Å². The Hall–Kier alpha value is -3.88. The lowest BCUT2D eigenvalue weighted by molar-refractivity contribution is -0.141. The van der Waals surface area contributed by atoms with E-state index in [0.717, 1.165) is 41.4 Å². The number of aromatic nitrogens is 1. The monoisotopic (exact) mass is 857 g/mol. The van der Waals surface area contributed by atoms with E-state index in [0.29, 0.717) is 28.0 Å². The molecule has 3 aliphatic rings. The predicted molar refractivity (Wildman–Crippen MR) is 233 cm³/mol. The van der Waals surface area contributed by atoms with Crippen molar-refractivity contribution >= 4 is 61.9 Å². The first-order valence-electron chi connectivity index (χ1n) is 20.5. The third kappa shape index (κ3) is 10.4. The van der Waals surface area contributed by atoms with E-state index in [9.17, 15) is 14.4 Å². The van der Waals surface area contributed by atoms with Crippen LogP contribution in [0.15, 0.2) is 65.1 Å². The molecular weight excluding hydrogens is 802 g/mol. The van der Waals surface area contributed by atoms with Crippen LogP contribution in [0.1, 0.15) is 149 Å². The molecule has 0 saturated heterocycles. The van der Waals surface area contributed by atoms with Gasteiger partial charge in [0, 0.05) is 21.3 Å². The van der Waals surface area contributed by atoms with Crippen molar-refractivity contribution in [3.63, 3.8) is 0 Å². The summed E-state index contributed by atoms with van der Waals surface area (Å²) in [5.74, 6) is 0.0972. The van der Waals surface area contributed by atoms with Crippen molar-refractivity contribution < 1.29 is 28.6 Å². The zero-order valence-corrected chi connectivity index (χ0v) is 36.9. The zero-order valence-electron chi connectivity index (χ0n) is 34.6. The predicted octanol–water partition coefficient (Wildman–Crippen LogP) is 13.0. The highest BCUT2D eigenvalue weighted by Gasteiger charge is 2.31. The Labute approximate surface area is 351 Å². The standard InChI is InChI=1S/C28H32ClNO4.C20H25BrO2/c1-28(2,3)34-27(32)20-12-15-22-23(16-20)30(17-24(31)33-4)26(19-10-13-21(29)14-11-19)25(22)18-8-6-5-7-9-18;1-20(2,3)23-19(22)14-9-10-16-15(11-14)12-17(21)18(16)13-7-5-4-6-8-13/h10-16,18H,5-9,17H2,1-4H3;9-11,13H,4-8,12H2,1-3H3. The Morgan fingerprint density at radius 1 is 0.737 bits per heavy atom. The smallest absolute Gasteiger partial charge is 0.338 e. The number of esters is 3. The van der Waals surface area contributed by atoms with E-state index in [-0.39, 0.29) is 24.5 Å². The molecule has 9 heteroatoms. The molecule has 3 aliphatic carbocycles. The van der Waals surface area contributed by atoms with Gasteiger partial charge < -0.3 is 18.8 Å². The van der Waals surface area contributed by atoms with Gasteiger partial charge in [-0.25, -0.2) is 9.59 Å². The van der Waals surface area contributed by atoms with Crippen LogP contribution in [0.25, 0.3) is 27.7 Å². The number of carbonyl (C=O) groups is 3. The molecule has 57 heavy (non-hydrogen) atoms. The molecule has 1 heterocycles. The molecule has 0 spiro atoms. The van der Waals surface area contributed by atoms with Crippen molar-refractivity contribution in [3.8, 4) is 11.3 Å². The first kappa shape index (κ1) is 42.7. The number of ether oxygens (including phenoxy) is 3. The molecule has 0 atom stereocenters. The van der Waals surface area contributed by atoms with Gasteiger partial charge in [-0.2, -0.15) is 0 Å². The molecule has 7 nitrogen and oxygen atoms in total. The van der Waals surface area contributed by atoms with Crippen LogP contribution in [0.3, 0.4) is 0 Å². The van der Waals surface area contributed by atoms with E-state index in [1.807, 2.05) is 101 Å². The van der Waals surface area contributed by atoms with E-state index < -0.39 is 11.2 Å². The van der Waals surface area contributed by atoms with Crippen LogP contribution in [0, 0.1) is 5.92 Å². The van der Waals surface area contributed by atoms with Gasteiger partial charge in [0.25, 0.3) is 0 Å². The number of halogens is 2. The molecule has 0 N–H and O–H groups in total. The van der Waals surface area contributed by atoms with Crippen molar-refractivity contribution in [1.29, 1.82) is 0 Å². The zero-order chi connectivity index (χ0) is 41.1. The van der Waals surface area contributed by atoms with Gasteiger partial charge in [-0.1, -0.05) is 90.3 Å². The molecule has 0 radical (unpaired) electrons. The molecule has 0 aliphatic heterocycles. The molecule has 0 unspecified atom stereocenters. The van der Waals surface area contributed by atoms with Gasteiger partial charge in [0.2, 0.25) is 0 Å². The number of hydrogen-bond acceptors (Lipinski definition) is 6. The van der Waals surface area contributed by atoms with Crippen LogP contribution < -0.4 is 0 Å². The third-order valence-corrected chi connectivity index (χ3v) is 12.0. The van der Waals surface area contributed by atoms with Gasteiger partial charge >= 0.3 is 17.9 Å². The number of benzene rings is 3. The lowest BCUT2D eigenvalue weighted by atomic mass is 9.81. The van der Waals surface area contributed by atoms with Crippen molar-refractivity contribution in [3.05, 3.63) is 98.0 Å². The van der Waals surface area contributed by atoms with Crippen molar-refractivity contribution in [1.82, 2.24) is 4.57 Å². The van der Waals surface area contributed by atoms with E-state index in [1.165, 1.54) is 85.2 Å². The van der Waals surface area contributed by atoms with Crippen LogP contribution >= 0.6 is 27.5 Å². The minimum atomic E-state index is -0.595. The fourth-order valence-electron chi connectivity index (χ4n) is 8.63. The van der Waals surface area contributed by atoms with Crippen LogP contribution in [-0.2, 0) is 32.0 Å². The molecule has 2 fully saturated rings. The van der Waals surface area contributed by atoms with Crippen molar-refractivity contribution in [2.45, 2.75) is 136 Å². The number of allylic oxidation sites excluding steroid dienone is 2. The lowest BCUT2D eigenvalue weighted by Gasteiger charge is -2.24. The summed E-state index contributed by atoms with van der Waals surface area (Å²) >= 11 is 9.98. The molecule has 7 rings (SSSR count). The largest absolute Gasteiger partial charge is 0.468 e. The molecule has 3 aromatic carbocycles. The first-order valence-corrected chi connectivity index (χ1v) is 21.7. The summed E-state index contributed by atoms with van der Waals surface area (Å²) in [5.41, 5.74) is 8.18. The summed E-state index contributed by atoms with van der Waals surface area (Å²) in [6, 6.07) is 19.5. The van der Waals surface area contributed by atoms with E-state index in [4.69, 9.17) is 25.8 Å². The van der Waals surface area contributed by atoms with Gasteiger partial charge in [0.1, 0.15) is 17.7 Å². The van der Waals surface area contributed by atoms with Crippen molar-refractivity contribution in [2.75, 3.05) is 7.11 Å². The van der Waals surface area contributed by atoms with Crippen LogP contribution in [-0.4, -0.2) is 40.8 Å². The summed E-state index contributed by atoms with van der Waals surface area (Å²) in [5, 5.41) is 1.72. The number of carbonyl (C=O) groups excluding carboxylic acids is 3. The Bertz CT molecular complexity index is 2140. The fourth-order valence-corrected chi connectivity index (χ4v) is 9.59. The van der Waals surface area contributed by atoms with E-state index in [2.05, 4.69) is 22.0 Å². The number of hydrogen-bond donors (Lipinski definition) is 0. The van der Waals surface area contributed by atoms with Gasteiger partial charge in [-0.15, -0.1) is 0 Å². The third-order valence-electron chi connectivity index (χ3n) is 11.1. The van der Waals surface area contributed by atoms with Gasteiger partial charge in [0.15, 0.2) is 0 Å². The summed E-state index contributed by atoms with van der Waals surface area (Å²) < 4.78 is 19.4.